The van der Waals surface area contributed by atoms with Crippen molar-refractivity contribution in [2.24, 2.45) is 5.73 Å². The maximum atomic E-state index is 7.35. The summed E-state index contributed by atoms with van der Waals surface area (Å²) in [5, 5.41) is 7.90. The third-order valence-corrected chi connectivity index (χ3v) is 2.01. The van der Waals surface area contributed by atoms with Gasteiger partial charge in [0, 0.05) is 12.1 Å². The van der Waals surface area contributed by atoms with Crippen molar-refractivity contribution >= 4 is 17.4 Å². The highest BCUT2D eigenvalue weighted by Gasteiger charge is 2.07. The maximum Gasteiger partial charge on any atom is 0.131 e. The third-order valence-electron chi connectivity index (χ3n) is 1.78. The number of benzene rings is 1. The van der Waals surface area contributed by atoms with E-state index in [4.69, 9.17) is 32.2 Å². The summed E-state index contributed by atoms with van der Waals surface area (Å²) in [5.41, 5.74) is 5.94. The first-order chi connectivity index (χ1) is 7.15. The maximum absolute atomic E-state index is 7.35. The summed E-state index contributed by atoms with van der Waals surface area (Å²) in [6.07, 6.45) is 0. The largest absolute Gasteiger partial charge is 0.490 e. The van der Waals surface area contributed by atoms with Gasteiger partial charge in [-0.2, -0.15) is 0 Å². The zero-order valence-electron chi connectivity index (χ0n) is 8.42. The fraction of sp³-hybridized carbons (Fsp3) is 0.300. The van der Waals surface area contributed by atoms with Crippen LogP contribution in [0.3, 0.4) is 0 Å². The fourth-order valence-corrected chi connectivity index (χ4v) is 1.24. The fourth-order valence-electron chi connectivity index (χ4n) is 1.07. The Hall–Kier alpha value is -1.26. The predicted octanol–water partition coefficient (Wildman–Crippen LogP) is 1.65. The Bertz CT molecular complexity index is 355. The van der Waals surface area contributed by atoms with E-state index in [0.717, 1.165) is 0 Å². The van der Waals surface area contributed by atoms with Gasteiger partial charge >= 0.3 is 0 Å². The van der Waals surface area contributed by atoms with Gasteiger partial charge in [-0.1, -0.05) is 11.6 Å². The van der Waals surface area contributed by atoms with E-state index in [2.05, 4.69) is 0 Å². The highest BCUT2D eigenvalue weighted by molar-refractivity contribution is 6.30. The topological polar surface area (TPSA) is 68.3 Å². The Balaban J connectivity index is 2.82. The molecule has 0 saturated heterocycles. The van der Waals surface area contributed by atoms with Crippen LogP contribution in [0, 0.1) is 5.41 Å². The van der Waals surface area contributed by atoms with E-state index in [-0.39, 0.29) is 5.84 Å². The van der Waals surface area contributed by atoms with Crippen LogP contribution in [0.15, 0.2) is 18.2 Å². The van der Waals surface area contributed by atoms with Crippen LogP contribution in [0.25, 0.3) is 0 Å². The van der Waals surface area contributed by atoms with Gasteiger partial charge in [0.1, 0.15) is 18.2 Å². The predicted molar refractivity (Wildman–Crippen MR) is 59.8 cm³/mol. The average Bonchev–Trinajstić information content (AvgIpc) is 2.18. The second kappa shape index (κ2) is 5.58. The van der Waals surface area contributed by atoms with E-state index in [9.17, 15) is 0 Å². The molecule has 0 amide bonds. The second-order valence-corrected chi connectivity index (χ2v) is 3.33. The van der Waals surface area contributed by atoms with Crippen LogP contribution in [-0.2, 0) is 4.74 Å². The Morgan fingerprint density at radius 2 is 2.20 bits per heavy atom. The Morgan fingerprint density at radius 1 is 1.47 bits per heavy atom. The minimum Gasteiger partial charge on any atom is -0.490 e. The lowest BCUT2D eigenvalue weighted by Gasteiger charge is -2.10. The lowest BCUT2D eigenvalue weighted by atomic mass is 10.2. The van der Waals surface area contributed by atoms with Gasteiger partial charge in [-0.05, 0) is 18.2 Å². The molecule has 0 fully saturated rings. The van der Waals surface area contributed by atoms with Crippen molar-refractivity contribution in [2.75, 3.05) is 20.3 Å². The lowest BCUT2D eigenvalue weighted by Crippen LogP contribution is -2.14. The minimum absolute atomic E-state index is 0.0425. The molecule has 1 aromatic rings. The molecule has 0 aliphatic rings. The molecule has 0 aliphatic carbocycles. The number of halogens is 1. The number of nitrogens with two attached hydrogens (primary N) is 1. The van der Waals surface area contributed by atoms with Crippen molar-refractivity contribution in [3.63, 3.8) is 0 Å². The molecule has 0 saturated carbocycles. The number of nitrogens with one attached hydrogen (secondary N) is 1. The van der Waals surface area contributed by atoms with Crippen molar-refractivity contribution < 1.29 is 9.47 Å². The normalized spacial score (nSPS) is 10.0. The smallest absolute Gasteiger partial charge is 0.131 e. The molecule has 15 heavy (non-hydrogen) atoms. The lowest BCUT2D eigenvalue weighted by molar-refractivity contribution is 0.146. The van der Waals surface area contributed by atoms with Gasteiger partial charge in [0.2, 0.25) is 0 Å². The number of ether oxygens (including phenoxy) is 2. The standard InChI is InChI=1S/C10H13ClN2O2/c1-14-4-5-15-9-6-7(11)2-3-8(9)10(12)13/h2-3,6H,4-5H2,1H3,(H3,12,13). The number of hydrogen-bond acceptors (Lipinski definition) is 3. The molecular formula is C10H13ClN2O2. The molecule has 0 spiro atoms. The van der Waals surface area contributed by atoms with Crippen molar-refractivity contribution in [1.29, 1.82) is 5.41 Å². The van der Waals surface area contributed by atoms with E-state index in [0.29, 0.717) is 29.5 Å². The SMILES string of the molecule is COCCOc1cc(Cl)ccc1C(=N)N. The van der Waals surface area contributed by atoms with E-state index in [1.54, 1.807) is 25.3 Å². The van der Waals surface area contributed by atoms with Gasteiger partial charge < -0.3 is 15.2 Å². The van der Waals surface area contributed by atoms with Gasteiger partial charge in [0.05, 0.1) is 12.2 Å². The summed E-state index contributed by atoms with van der Waals surface area (Å²) < 4.78 is 10.2. The minimum atomic E-state index is -0.0425. The molecule has 0 aliphatic heterocycles. The summed E-state index contributed by atoms with van der Waals surface area (Å²) in [7, 11) is 1.59. The van der Waals surface area contributed by atoms with Crippen LogP contribution < -0.4 is 10.5 Å². The zero-order valence-corrected chi connectivity index (χ0v) is 9.17. The zero-order chi connectivity index (χ0) is 11.3. The quantitative estimate of drug-likeness (QED) is 0.458. The Labute approximate surface area is 93.4 Å². The van der Waals surface area contributed by atoms with Crippen LogP contribution in [-0.4, -0.2) is 26.2 Å². The van der Waals surface area contributed by atoms with Crippen molar-refractivity contribution in [3.8, 4) is 5.75 Å². The molecule has 3 N–H and O–H groups in total. The number of methoxy groups -OCH3 is 1. The molecule has 1 rings (SSSR count). The van der Waals surface area contributed by atoms with E-state index < -0.39 is 0 Å². The first kappa shape index (κ1) is 11.8. The van der Waals surface area contributed by atoms with Crippen LogP contribution in [0.1, 0.15) is 5.56 Å². The van der Waals surface area contributed by atoms with E-state index in [1.807, 2.05) is 0 Å². The molecule has 0 radical (unpaired) electrons. The van der Waals surface area contributed by atoms with Gasteiger partial charge in [-0.25, -0.2) is 0 Å². The molecular weight excluding hydrogens is 216 g/mol. The van der Waals surface area contributed by atoms with E-state index >= 15 is 0 Å². The van der Waals surface area contributed by atoms with Crippen molar-refractivity contribution in [3.05, 3.63) is 28.8 Å². The highest BCUT2D eigenvalue weighted by atomic mass is 35.5. The van der Waals surface area contributed by atoms with Crippen molar-refractivity contribution in [1.82, 2.24) is 0 Å². The summed E-state index contributed by atoms with van der Waals surface area (Å²) in [4.78, 5) is 0. The monoisotopic (exact) mass is 228 g/mol. The molecule has 82 valence electrons. The van der Waals surface area contributed by atoms with Crippen LogP contribution >= 0.6 is 11.6 Å². The average molecular weight is 229 g/mol. The number of amidine groups is 1. The second-order valence-electron chi connectivity index (χ2n) is 2.90. The summed E-state index contributed by atoms with van der Waals surface area (Å²) in [5.74, 6) is 0.464. The Morgan fingerprint density at radius 3 is 2.80 bits per heavy atom. The van der Waals surface area contributed by atoms with Crippen molar-refractivity contribution in [2.45, 2.75) is 0 Å². The molecule has 0 heterocycles. The number of hydrogen-bond donors (Lipinski definition) is 2. The molecule has 4 nitrogen and oxygen atoms in total. The van der Waals surface area contributed by atoms with Crippen LogP contribution in [0.2, 0.25) is 5.02 Å². The van der Waals surface area contributed by atoms with Gasteiger partial charge in [0.25, 0.3) is 0 Å². The van der Waals surface area contributed by atoms with Crippen LogP contribution in [0.4, 0.5) is 0 Å². The summed E-state index contributed by atoms with van der Waals surface area (Å²) >= 11 is 5.81. The first-order valence-electron chi connectivity index (χ1n) is 4.41. The molecule has 1 aromatic carbocycles. The van der Waals surface area contributed by atoms with Gasteiger partial charge in [-0.15, -0.1) is 0 Å². The molecule has 0 unspecified atom stereocenters. The molecule has 5 heteroatoms. The molecule has 0 aromatic heterocycles. The highest BCUT2D eigenvalue weighted by Crippen LogP contribution is 2.22. The van der Waals surface area contributed by atoms with Gasteiger partial charge in [-0.3, -0.25) is 5.41 Å². The Kier molecular flexibility index (Phi) is 4.39. The third kappa shape index (κ3) is 3.42. The summed E-state index contributed by atoms with van der Waals surface area (Å²) in [6.45, 7) is 0.876. The summed E-state index contributed by atoms with van der Waals surface area (Å²) in [6, 6.07) is 4.96. The first-order valence-corrected chi connectivity index (χ1v) is 4.78. The molecule has 0 atom stereocenters. The number of rotatable bonds is 5. The molecule has 0 bridgehead atoms. The van der Waals surface area contributed by atoms with Gasteiger partial charge in [0.15, 0.2) is 0 Å². The van der Waals surface area contributed by atoms with E-state index in [1.165, 1.54) is 0 Å². The van der Waals surface area contributed by atoms with Crippen LogP contribution in [0.5, 0.6) is 5.75 Å². The number of nitrogen functional groups attached to an aromatic ring is 1.